The van der Waals surface area contributed by atoms with Crippen molar-refractivity contribution in [1.82, 2.24) is 4.90 Å². The van der Waals surface area contributed by atoms with E-state index in [1.165, 1.54) is 0 Å². The number of rotatable bonds is 0. The zero-order valence-electron chi connectivity index (χ0n) is 5.82. The van der Waals surface area contributed by atoms with Crippen molar-refractivity contribution in [3.63, 3.8) is 0 Å². The van der Waals surface area contributed by atoms with Crippen LogP contribution in [0.2, 0.25) is 0 Å². The first kappa shape index (κ1) is 6.19. The van der Waals surface area contributed by atoms with Crippen LogP contribution in [-0.4, -0.2) is 31.0 Å². The summed E-state index contributed by atoms with van der Waals surface area (Å²) in [4.78, 5) is 2.17. The molecule has 0 bridgehead atoms. The Morgan fingerprint density at radius 2 is 2.50 bits per heavy atom. The first-order valence-corrected chi connectivity index (χ1v) is 3.63. The van der Waals surface area contributed by atoms with E-state index in [1.54, 1.807) is 6.26 Å². The van der Waals surface area contributed by atoms with Crippen LogP contribution in [0.1, 0.15) is 6.42 Å². The standard InChI is InChI=1S/C7H11NO2/c1-3-8-4-2-6-10-7(8)9-5-1/h1,5,7H,2-4,6H2. The van der Waals surface area contributed by atoms with Crippen LogP contribution in [0.5, 0.6) is 0 Å². The Morgan fingerprint density at radius 3 is 3.40 bits per heavy atom. The van der Waals surface area contributed by atoms with E-state index in [-0.39, 0.29) is 6.41 Å². The topological polar surface area (TPSA) is 21.7 Å². The lowest BCUT2D eigenvalue weighted by Gasteiger charge is -2.35. The van der Waals surface area contributed by atoms with Crippen LogP contribution >= 0.6 is 0 Å². The van der Waals surface area contributed by atoms with Gasteiger partial charge in [0.05, 0.1) is 12.9 Å². The molecular formula is C7H11NO2. The second-order valence-corrected chi connectivity index (χ2v) is 2.53. The van der Waals surface area contributed by atoms with E-state index in [2.05, 4.69) is 4.90 Å². The summed E-state index contributed by atoms with van der Waals surface area (Å²) >= 11 is 0. The third-order valence-corrected chi connectivity index (χ3v) is 1.78. The molecule has 2 aliphatic heterocycles. The van der Waals surface area contributed by atoms with Crippen molar-refractivity contribution < 1.29 is 9.47 Å². The molecule has 1 fully saturated rings. The smallest absolute Gasteiger partial charge is 0.261 e. The molecule has 3 heteroatoms. The highest BCUT2D eigenvalue weighted by atomic mass is 16.7. The Bertz CT molecular complexity index is 131. The molecule has 0 aromatic heterocycles. The van der Waals surface area contributed by atoms with Gasteiger partial charge < -0.3 is 9.47 Å². The van der Waals surface area contributed by atoms with Crippen LogP contribution < -0.4 is 0 Å². The molecule has 1 saturated heterocycles. The molecule has 0 amide bonds. The van der Waals surface area contributed by atoms with Gasteiger partial charge in [0.1, 0.15) is 0 Å². The maximum atomic E-state index is 5.33. The molecule has 3 nitrogen and oxygen atoms in total. The fourth-order valence-corrected chi connectivity index (χ4v) is 1.27. The number of hydrogen-bond acceptors (Lipinski definition) is 3. The van der Waals surface area contributed by atoms with E-state index < -0.39 is 0 Å². The summed E-state index contributed by atoms with van der Waals surface area (Å²) in [6.07, 6.45) is 4.74. The predicted octanol–water partition coefficient (Wildman–Crippen LogP) is 0.536. The SMILES string of the molecule is C1=COC2OCCCN2C1. The average Bonchev–Trinajstić information content (AvgIpc) is 2.05. The Morgan fingerprint density at radius 1 is 1.50 bits per heavy atom. The summed E-state index contributed by atoms with van der Waals surface area (Å²) in [7, 11) is 0. The number of fused-ring (bicyclic) bond motifs is 1. The fraction of sp³-hybridized carbons (Fsp3) is 0.714. The van der Waals surface area contributed by atoms with E-state index in [0.717, 1.165) is 26.1 Å². The second-order valence-electron chi connectivity index (χ2n) is 2.53. The molecule has 0 aliphatic carbocycles. The van der Waals surface area contributed by atoms with Gasteiger partial charge in [-0.2, -0.15) is 0 Å². The highest BCUT2D eigenvalue weighted by Crippen LogP contribution is 2.14. The second kappa shape index (κ2) is 2.60. The van der Waals surface area contributed by atoms with Crippen LogP contribution in [0, 0.1) is 0 Å². The van der Waals surface area contributed by atoms with Crippen molar-refractivity contribution >= 4 is 0 Å². The summed E-state index contributed by atoms with van der Waals surface area (Å²) in [5.41, 5.74) is 0. The van der Waals surface area contributed by atoms with Gasteiger partial charge in [0.25, 0.3) is 6.41 Å². The molecule has 0 saturated carbocycles. The molecule has 0 spiro atoms. The van der Waals surface area contributed by atoms with Gasteiger partial charge >= 0.3 is 0 Å². The van der Waals surface area contributed by atoms with Crippen molar-refractivity contribution in [3.8, 4) is 0 Å². The highest BCUT2D eigenvalue weighted by molar-refractivity contribution is 4.84. The maximum absolute atomic E-state index is 5.33. The molecule has 1 unspecified atom stereocenters. The number of ether oxygens (including phenoxy) is 2. The summed E-state index contributed by atoms with van der Waals surface area (Å²) in [6, 6.07) is 0. The summed E-state index contributed by atoms with van der Waals surface area (Å²) in [5, 5.41) is 0. The van der Waals surface area contributed by atoms with E-state index in [1.807, 2.05) is 6.08 Å². The minimum atomic E-state index is -0.0984. The van der Waals surface area contributed by atoms with Gasteiger partial charge in [0, 0.05) is 13.1 Å². The maximum Gasteiger partial charge on any atom is 0.261 e. The van der Waals surface area contributed by atoms with Crippen molar-refractivity contribution in [2.45, 2.75) is 12.8 Å². The van der Waals surface area contributed by atoms with Gasteiger partial charge in [-0.1, -0.05) is 0 Å². The van der Waals surface area contributed by atoms with Crippen molar-refractivity contribution in [2.24, 2.45) is 0 Å². The zero-order valence-corrected chi connectivity index (χ0v) is 5.82. The first-order valence-electron chi connectivity index (χ1n) is 3.63. The lowest BCUT2D eigenvalue weighted by Crippen LogP contribution is -2.45. The molecule has 0 aromatic rings. The van der Waals surface area contributed by atoms with Crippen LogP contribution in [-0.2, 0) is 9.47 Å². The highest BCUT2D eigenvalue weighted by Gasteiger charge is 2.24. The Hall–Kier alpha value is -0.540. The lowest BCUT2D eigenvalue weighted by molar-refractivity contribution is -0.223. The van der Waals surface area contributed by atoms with Crippen molar-refractivity contribution in [1.29, 1.82) is 0 Å². The Labute approximate surface area is 60.2 Å². The molecule has 1 atom stereocenters. The van der Waals surface area contributed by atoms with Gasteiger partial charge in [0.2, 0.25) is 0 Å². The van der Waals surface area contributed by atoms with E-state index in [0.29, 0.717) is 0 Å². The molecule has 2 heterocycles. The zero-order chi connectivity index (χ0) is 6.81. The summed E-state index contributed by atoms with van der Waals surface area (Å²) in [5.74, 6) is 0. The molecule has 10 heavy (non-hydrogen) atoms. The van der Waals surface area contributed by atoms with Crippen LogP contribution in [0.25, 0.3) is 0 Å². The van der Waals surface area contributed by atoms with Crippen LogP contribution in [0.15, 0.2) is 12.3 Å². The quantitative estimate of drug-likeness (QED) is 0.491. The van der Waals surface area contributed by atoms with Crippen molar-refractivity contribution in [2.75, 3.05) is 19.7 Å². The predicted molar refractivity (Wildman–Crippen MR) is 36.2 cm³/mol. The molecule has 0 aromatic carbocycles. The molecule has 2 rings (SSSR count). The van der Waals surface area contributed by atoms with Crippen LogP contribution in [0.4, 0.5) is 0 Å². The molecule has 56 valence electrons. The molecule has 0 radical (unpaired) electrons. The third-order valence-electron chi connectivity index (χ3n) is 1.78. The van der Waals surface area contributed by atoms with Gasteiger partial charge in [-0.3, -0.25) is 0 Å². The summed E-state index contributed by atoms with van der Waals surface area (Å²) in [6.45, 7) is 2.88. The van der Waals surface area contributed by atoms with E-state index >= 15 is 0 Å². The average molecular weight is 141 g/mol. The van der Waals surface area contributed by atoms with Gasteiger partial charge in [-0.05, 0) is 12.5 Å². The fourth-order valence-electron chi connectivity index (χ4n) is 1.27. The first-order chi connectivity index (χ1) is 4.97. The largest absolute Gasteiger partial charge is 0.459 e. The van der Waals surface area contributed by atoms with E-state index in [4.69, 9.17) is 9.47 Å². The lowest BCUT2D eigenvalue weighted by atomic mass is 10.3. The number of nitrogens with zero attached hydrogens (tertiary/aromatic N) is 1. The normalized spacial score (nSPS) is 33.0. The van der Waals surface area contributed by atoms with Gasteiger partial charge in [-0.15, -0.1) is 0 Å². The van der Waals surface area contributed by atoms with Gasteiger partial charge in [0.15, 0.2) is 0 Å². The number of hydrogen-bond donors (Lipinski definition) is 0. The molecule has 2 aliphatic rings. The molecule has 0 N–H and O–H groups in total. The molecular weight excluding hydrogens is 130 g/mol. The monoisotopic (exact) mass is 141 g/mol. The Balaban J connectivity index is 2.01. The van der Waals surface area contributed by atoms with E-state index in [9.17, 15) is 0 Å². The van der Waals surface area contributed by atoms with Crippen LogP contribution in [0.3, 0.4) is 0 Å². The van der Waals surface area contributed by atoms with Gasteiger partial charge in [-0.25, -0.2) is 4.90 Å². The summed E-state index contributed by atoms with van der Waals surface area (Å²) < 4.78 is 10.5. The van der Waals surface area contributed by atoms with Crippen molar-refractivity contribution in [3.05, 3.63) is 12.3 Å². The Kier molecular flexibility index (Phi) is 1.61. The minimum Gasteiger partial charge on any atom is -0.459 e. The minimum absolute atomic E-state index is 0.0984. The third kappa shape index (κ3) is 1.02.